The number of cyclic esters (lactones) is 1. The monoisotopic (exact) mass is 293 g/mol. The lowest BCUT2D eigenvalue weighted by Crippen LogP contribution is -2.05. The number of carbonyl (C=O) groups excluding carboxylic acids is 1. The highest BCUT2D eigenvalue weighted by atomic mass is 16.6. The first-order valence-electron chi connectivity index (χ1n) is 7.07. The average molecular weight is 293 g/mol. The molecule has 0 bridgehead atoms. The minimum absolute atomic E-state index is 0.269. The summed E-state index contributed by atoms with van der Waals surface area (Å²) in [4.78, 5) is 16.3. The van der Waals surface area contributed by atoms with Crippen LogP contribution < -0.4 is 4.74 Å². The largest absolute Gasteiger partial charge is 0.493 e. The number of carbonyl (C=O) groups is 1. The molecular weight excluding hydrogens is 278 g/mol. The summed E-state index contributed by atoms with van der Waals surface area (Å²) in [7, 11) is 0. The molecule has 0 N–H and O–H groups in total. The standard InChI is InChI=1S/C18H15NO3/c1-2-21-16-11-7-6-10-14(16)12-15-18(20)22-17(19-15)13-8-4-3-5-9-13/h3-12H,2H2,1H3/b15-12-. The minimum Gasteiger partial charge on any atom is -0.493 e. The maximum atomic E-state index is 12.0. The maximum Gasteiger partial charge on any atom is 0.363 e. The Bertz CT molecular complexity index is 748. The van der Waals surface area contributed by atoms with Crippen LogP contribution in [0, 0.1) is 0 Å². The lowest BCUT2D eigenvalue weighted by atomic mass is 10.1. The van der Waals surface area contributed by atoms with Crippen molar-refractivity contribution >= 4 is 17.9 Å². The van der Waals surface area contributed by atoms with Gasteiger partial charge in [0, 0.05) is 11.1 Å². The third-order valence-corrected chi connectivity index (χ3v) is 3.15. The first-order chi connectivity index (χ1) is 10.8. The van der Waals surface area contributed by atoms with E-state index in [-0.39, 0.29) is 5.70 Å². The Morgan fingerprint density at radius 3 is 2.59 bits per heavy atom. The zero-order valence-corrected chi connectivity index (χ0v) is 12.2. The fourth-order valence-corrected chi connectivity index (χ4v) is 2.15. The molecule has 2 aromatic carbocycles. The quantitative estimate of drug-likeness (QED) is 0.641. The van der Waals surface area contributed by atoms with Gasteiger partial charge in [0.05, 0.1) is 6.61 Å². The Kier molecular flexibility index (Phi) is 4.01. The van der Waals surface area contributed by atoms with Crippen molar-refractivity contribution in [3.05, 3.63) is 71.4 Å². The van der Waals surface area contributed by atoms with Gasteiger partial charge in [0.15, 0.2) is 5.70 Å². The summed E-state index contributed by atoms with van der Waals surface area (Å²) in [6, 6.07) is 16.9. The van der Waals surface area contributed by atoms with Gasteiger partial charge >= 0.3 is 5.97 Å². The molecule has 0 atom stereocenters. The number of hydrogen-bond donors (Lipinski definition) is 0. The number of rotatable bonds is 4. The van der Waals surface area contributed by atoms with Crippen LogP contribution in [0.5, 0.6) is 5.75 Å². The van der Waals surface area contributed by atoms with Crippen molar-refractivity contribution < 1.29 is 14.3 Å². The van der Waals surface area contributed by atoms with Crippen molar-refractivity contribution in [2.24, 2.45) is 4.99 Å². The smallest absolute Gasteiger partial charge is 0.363 e. The number of benzene rings is 2. The van der Waals surface area contributed by atoms with Gasteiger partial charge in [-0.25, -0.2) is 9.79 Å². The summed E-state index contributed by atoms with van der Waals surface area (Å²) in [5, 5.41) is 0. The highest BCUT2D eigenvalue weighted by molar-refractivity contribution is 6.12. The molecule has 2 aromatic rings. The van der Waals surface area contributed by atoms with E-state index >= 15 is 0 Å². The van der Waals surface area contributed by atoms with Gasteiger partial charge in [-0.3, -0.25) is 0 Å². The van der Waals surface area contributed by atoms with E-state index in [2.05, 4.69) is 4.99 Å². The molecule has 22 heavy (non-hydrogen) atoms. The Labute approximate surface area is 128 Å². The molecule has 0 saturated carbocycles. The van der Waals surface area contributed by atoms with Crippen molar-refractivity contribution in [2.45, 2.75) is 6.92 Å². The van der Waals surface area contributed by atoms with Gasteiger partial charge < -0.3 is 9.47 Å². The predicted octanol–water partition coefficient (Wildman–Crippen LogP) is 3.43. The number of aliphatic imine (C=N–C) groups is 1. The van der Waals surface area contributed by atoms with Gasteiger partial charge in [0.25, 0.3) is 0 Å². The third kappa shape index (κ3) is 2.91. The van der Waals surface area contributed by atoms with E-state index in [0.717, 1.165) is 11.1 Å². The highest BCUT2D eigenvalue weighted by Gasteiger charge is 2.24. The third-order valence-electron chi connectivity index (χ3n) is 3.15. The summed E-state index contributed by atoms with van der Waals surface area (Å²) >= 11 is 0. The molecule has 0 unspecified atom stereocenters. The zero-order valence-electron chi connectivity index (χ0n) is 12.2. The predicted molar refractivity (Wildman–Crippen MR) is 84.7 cm³/mol. The molecule has 0 aromatic heterocycles. The van der Waals surface area contributed by atoms with E-state index in [9.17, 15) is 4.79 Å². The first-order valence-corrected chi connectivity index (χ1v) is 7.07. The van der Waals surface area contributed by atoms with Crippen LogP contribution in [-0.2, 0) is 9.53 Å². The summed E-state index contributed by atoms with van der Waals surface area (Å²) in [5.74, 6) is 0.588. The van der Waals surface area contributed by atoms with E-state index in [1.165, 1.54) is 0 Å². The second-order valence-corrected chi connectivity index (χ2v) is 4.67. The molecule has 0 saturated heterocycles. The Morgan fingerprint density at radius 2 is 1.82 bits per heavy atom. The molecule has 1 heterocycles. The van der Waals surface area contributed by atoms with Crippen LogP contribution in [-0.4, -0.2) is 18.5 Å². The highest BCUT2D eigenvalue weighted by Crippen LogP contribution is 2.24. The van der Waals surface area contributed by atoms with Gasteiger partial charge in [0.1, 0.15) is 5.75 Å². The molecule has 0 amide bonds. The molecule has 1 aliphatic rings. The van der Waals surface area contributed by atoms with Crippen molar-refractivity contribution in [1.82, 2.24) is 0 Å². The summed E-state index contributed by atoms with van der Waals surface area (Å²) in [6.07, 6.45) is 1.68. The molecule has 1 aliphatic heterocycles. The van der Waals surface area contributed by atoms with Gasteiger partial charge in [-0.15, -0.1) is 0 Å². The molecule has 3 rings (SSSR count). The topological polar surface area (TPSA) is 47.9 Å². The fraction of sp³-hybridized carbons (Fsp3) is 0.111. The fourth-order valence-electron chi connectivity index (χ4n) is 2.15. The SMILES string of the molecule is CCOc1ccccc1/C=C1\N=C(c2ccccc2)OC1=O. The van der Waals surface area contributed by atoms with Crippen LogP contribution >= 0.6 is 0 Å². The number of esters is 1. The Morgan fingerprint density at radius 1 is 1.09 bits per heavy atom. The van der Waals surface area contributed by atoms with Crippen LogP contribution in [0.15, 0.2) is 65.3 Å². The van der Waals surface area contributed by atoms with Gasteiger partial charge in [0.2, 0.25) is 5.90 Å². The molecule has 0 fully saturated rings. The lowest BCUT2D eigenvalue weighted by Gasteiger charge is -2.06. The van der Waals surface area contributed by atoms with Gasteiger partial charge in [-0.2, -0.15) is 0 Å². The van der Waals surface area contributed by atoms with Crippen molar-refractivity contribution in [1.29, 1.82) is 0 Å². The summed E-state index contributed by atoms with van der Waals surface area (Å²) < 4.78 is 10.8. The van der Waals surface area contributed by atoms with Crippen LogP contribution in [0.2, 0.25) is 0 Å². The lowest BCUT2D eigenvalue weighted by molar-refractivity contribution is -0.129. The zero-order chi connectivity index (χ0) is 15.4. The van der Waals surface area contributed by atoms with Crippen LogP contribution in [0.25, 0.3) is 6.08 Å². The second kappa shape index (κ2) is 6.26. The van der Waals surface area contributed by atoms with Crippen molar-refractivity contribution in [3.63, 3.8) is 0 Å². The molecule has 110 valence electrons. The Balaban J connectivity index is 1.95. The second-order valence-electron chi connectivity index (χ2n) is 4.67. The van der Waals surface area contributed by atoms with Crippen LogP contribution in [0.4, 0.5) is 0 Å². The molecule has 4 nitrogen and oxygen atoms in total. The molecule has 4 heteroatoms. The van der Waals surface area contributed by atoms with E-state index in [1.807, 2.05) is 61.5 Å². The molecule has 0 radical (unpaired) electrons. The number of ether oxygens (including phenoxy) is 2. The van der Waals surface area contributed by atoms with E-state index in [0.29, 0.717) is 18.3 Å². The van der Waals surface area contributed by atoms with Crippen LogP contribution in [0.3, 0.4) is 0 Å². The molecular formula is C18H15NO3. The molecule has 0 spiro atoms. The van der Waals surface area contributed by atoms with Gasteiger partial charge in [-0.05, 0) is 31.2 Å². The first kappa shape index (κ1) is 14.1. The van der Waals surface area contributed by atoms with E-state index in [1.54, 1.807) is 6.08 Å². The van der Waals surface area contributed by atoms with E-state index in [4.69, 9.17) is 9.47 Å². The Hall–Kier alpha value is -2.88. The number of hydrogen-bond acceptors (Lipinski definition) is 4. The van der Waals surface area contributed by atoms with Crippen LogP contribution in [0.1, 0.15) is 18.1 Å². The minimum atomic E-state index is -0.454. The van der Waals surface area contributed by atoms with E-state index < -0.39 is 5.97 Å². The van der Waals surface area contributed by atoms with Crippen molar-refractivity contribution in [3.8, 4) is 5.75 Å². The van der Waals surface area contributed by atoms with Gasteiger partial charge in [-0.1, -0.05) is 36.4 Å². The number of para-hydroxylation sites is 1. The normalized spacial score (nSPS) is 15.6. The average Bonchev–Trinajstić information content (AvgIpc) is 2.91. The molecule has 0 aliphatic carbocycles. The maximum absolute atomic E-state index is 12.0. The summed E-state index contributed by atoms with van der Waals surface area (Å²) in [6.45, 7) is 2.47. The number of nitrogens with zero attached hydrogens (tertiary/aromatic N) is 1. The summed E-state index contributed by atoms with van der Waals surface area (Å²) in [5.41, 5.74) is 1.85. The van der Waals surface area contributed by atoms with Crippen molar-refractivity contribution in [2.75, 3.05) is 6.61 Å².